The average Bonchev–Trinajstić information content (AvgIpc) is 3.15. The first kappa shape index (κ1) is 23.9. The molecule has 4 aromatic rings. The first-order chi connectivity index (χ1) is 16.9. The Hall–Kier alpha value is -2.80. The van der Waals surface area contributed by atoms with Gasteiger partial charge in [-0.25, -0.2) is 8.42 Å². The molecule has 0 amide bonds. The van der Waals surface area contributed by atoms with Gasteiger partial charge in [0.1, 0.15) is 10.6 Å². The smallest absolute Gasteiger partial charge is 0.244 e. The number of halogens is 1. The van der Waals surface area contributed by atoms with Gasteiger partial charge >= 0.3 is 0 Å². The summed E-state index contributed by atoms with van der Waals surface area (Å²) in [6.45, 7) is 3.89. The van der Waals surface area contributed by atoms with Crippen LogP contribution in [0.2, 0.25) is 5.02 Å². The number of rotatable bonds is 6. The Morgan fingerprint density at radius 2 is 1.69 bits per heavy atom. The minimum atomic E-state index is -3.61. The van der Waals surface area contributed by atoms with E-state index in [0.717, 1.165) is 25.1 Å². The third-order valence-electron chi connectivity index (χ3n) is 7.07. The summed E-state index contributed by atoms with van der Waals surface area (Å²) in [6.07, 6.45) is 1.55. The zero-order chi connectivity index (χ0) is 24.6. The number of methoxy groups -OCH3 is 1. The van der Waals surface area contributed by atoms with Gasteiger partial charge in [0, 0.05) is 36.2 Å². The number of fused-ring (bicyclic) bond motifs is 1. The van der Waals surface area contributed by atoms with Gasteiger partial charge in [0.2, 0.25) is 10.0 Å². The summed E-state index contributed by atoms with van der Waals surface area (Å²) in [5.74, 6) is 1.15. The van der Waals surface area contributed by atoms with Crippen molar-refractivity contribution in [3.63, 3.8) is 0 Å². The van der Waals surface area contributed by atoms with E-state index in [1.165, 1.54) is 27.7 Å². The Morgan fingerprint density at radius 3 is 2.43 bits per heavy atom. The summed E-state index contributed by atoms with van der Waals surface area (Å²) < 4.78 is 35.8. The van der Waals surface area contributed by atoms with Gasteiger partial charge in [0.05, 0.1) is 12.1 Å². The minimum Gasteiger partial charge on any atom is -0.497 e. The maximum absolute atomic E-state index is 13.2. The number of ether oxygens (including phenoxy) is 1. The lowest BCUT2D eigenvalue weighted by Gasteiger charge is -2.32. The van der Waals surface area contributed by atoms with Crippen molar-refractivity contribution < 1.29 is 13.2 Å². The van der Waals surface area contributed by atoms with Crippen LogP contribution in [0, 0.1) is 6.92 Å². The van der Waals surface area contributed by atoms with E-state index in [1.807, 2.05) is 12.1 Å². The van der Waals surface area contributed by atoms with E-state index in [0.29, 0.717) is 19.0 Å². The fourth-order valence-corrected chi connectivity index (χ4v) is 7.27. The molecule has 2 heterocycles. The van der Waals surface area contributed by atoms with Crippen molar-refractivity contribution in [3.05, 3.63) is 94.6 Å². The first-order valence-electron chi connectivity index (χ1n) is 11.9. The Kier molecular flexibility index (Phi) is 6.62. The van der Waals surface area contributed by atoms with Gasteiger partial charge in [0.25, 0.3) is 0 Å². The van der Waals surface area contributed by atoms with E-state index in [2.05, 4.69) is 47.9 Å². The van der Waals surface area contributed by atoms with E-state index in [-0.39, 0.29) is 9.92 Å². The Labute approximate surface area is 211 Å². The van der Waals surface area contributed by atoms with E-state index < -0.39 is 10.0 Å². The van der Waals surface area contributed by atoms with Crippen molar-refractivity contribution in [3.8, 4) is 5.75 Å². The van der Waals surface area contributed by atoms with E-state index in [4.69, 9.17) is 16.3 Å². The standard InChI is InChI=1S/C28H29ClN2O3S/c1-20-28(22-14-16-30(17-15-22)35(32,33)27-13-6-4-11-25(27)29)24-10-3-5-12-26(24)31(20)19-21-8-7-9-23(18-21)34-2/h3-13,18,22H,14-17,19H2,1-2H3. The molecule has 35 heavy (non-hydrogen) atoms. The molecule has 7 heteroatoms. The molecule has 1 aliphatic rings. The van der Waals surface area contributed by atoms with Crippen molar-refractivity contribution in [2.75, 3.05) is 20.2 Å². The minimum absolute atomic E-state index is 0.186. The Bertz CT molecular complexity index is 1470. The molecular formula is C28H29ClN2O3S. The lowest BCUT2D eigenvalue weighted by molar-refractivity contribution is 0.319. The maximum atomic E-state index is 13.2. The number of hydrogen-bond donors (Lipinski definition) is 0. The molecule has 0 aliphatic carbocycles. The SMILES string of the molecule is COc1cccc(Cn2c(C)c(C3CCN(S(=O)(=O)c4ccccc4Cl)CC3)c3ccccc32)c1. The van der Waals surface area contributed by atoms with Crippen LogP contribution in [0.25, 0.3) is 10.9 Å². The van der Waals surface area contributed by atoms with Crippen LogP contribution in [-0.2, 0) is 16.6 Å². The van der Waals surface area contributed by atoms with Crippen LogP contribution in [0.5, 0.6) is 5.75 Å². The van der Waals surface area contributed by atoms with Crippen LogP contribution in [-0.4, -0.2) is 37.5 Å². The highest BCUT2D eigenvalue weighted by molar-refractivity contribution is 7.89. The second kappa shape index (κ2) is 9.69. The van der Waals surface area contributed by atoms with Crippen molar-refractivity contribution in [2.45, 2.75) is 37.1 Å². The number of benzene rings is 3. The third kappa shape index (κ3) is 4.46. The largest absolute Gasteiger partial charge is 0.497 e. The maximum Gasteiger partial charge on any atom is 0.244 e. The van der Waals surface area contributed by atoms with Gasteiger partial charge in [-0.3, -0.25) is 0 Å². The predicted molar refractivity (Wildman–Crippen MR) is 141 cm³/mol. The number of sulfonamides is 1. The number of para-hydroxylation sites is 1. The molecule has 0 unspecified atom stereocenters. The monoisotopic (exact) mass is 508 g/mol. The van der Waals surface area contributed by atoms with Gasteiger partial charge < -0.3 is 9.30 Å². The van der Waals surface area contributed by atoms with Crippen molar-refractivity contribution in [1.82, 2.24) is 8.87 Å². The molecule has 0 atom stereocenters. The normalized spacial score (nSPS) is 15.5. The molecule has 1 fully saturated rings. The molecular weight excluding hydrogens is 480 g/mol. The van der Waals surface area contributed by atoms with Crippen molar-refractivity contribution in [1.29, 1.82) is 0 Å². The molecule has 0 spiro atoms. The van der Waals surface area contributed by atoms with Gasteiger partial charge in [-0.15, -0.1) is 0 Å². The number of hydrogen-bond acceptors (Lipinski definition) is 3. The summed E-state index contributed by atoms with van der Waals surface area (Å²) in [7, 11) is -1.92. The topological polar surface area (TPSA) is 51.5 Å². The van der Waals surface area contributed by atoms with Crippen LogP contribution >= 0.6 is 11.6 Å². The zero-order valence-electron chi connectivity index (χ0n) is 19.9. The van der Waals surface area contributed by atoms with E-state index in [9.17, 15) is 8.42 Å². The summed E-state index contributed by atoms with van der Waals surface area (Å²) in [4.78, 5) is 0.186. The molecule has 5 rings (SSSR count). The average molecular weight is 509 g/mol. The molecule has 1 aliphatic heterocycles. The van der Waals surface area contributed by atoms with Crippen molar-refractivity contribution in [2.24, 2.45) is 0 Å². The quantitative estimate of drug-likeness (QED) is 0.310. The fraction of sp³-hybridized carbons (Fsp3) is 0.286. The summed E-state index contributed by atoms with van der Waals surface area (Å²) in [5, 5.41) is 1.52. The van der Waals surface area contributed by atoms with Crippen molar-refractivity contribution >= 4 is 32.5 Å². The van der Waals surface area contributed by atoms with Crippen LogP contribution in [0.15, 0.2) is 77.7 Å². The van der Waals surface area contributed by atoms with Gasteiger partial charge in [-0.05, 0) is 67.1 Å². The molecule has 1 saturated heterocycles. The van der Waals surface area contributed by atoms with Gasteiger partial charge in [-0.2, -0.15) is 4.31 Å². The second-order valence-electron chi connectivity index (χ2n) is 9.06. The van der Waals surface area contributed by atoms with E-state index >= 15 is 0 Å². The highest BCUT2D eigenvalue weighted by Gasteiger charge is 2.33. The zero-order valence-corrected chi connectivity index (χ0v) is 21.5. The molecule has 1 aromatic heterocycles. The van der Waals surface area contributed by atoms with Crippen LogP contribution in [0.3, 0.4) is 0 Å². The van der Waals surface area contributed by atoms with Gasteiger partial charge in [-0.1, -0.05) is 54.1 Å². The Morgan fingerprint density at radius 1 is 0.971 bits per heavy atom. The number of aromatic nitrogens is 1. The second-order valence-corrected chi connectivity index (χ2v) is 11.4. The van der Waals surface area contributed by atoms with Crippen LogP contribution in [0.4, 0.5) is 0 Å². The fourth-order valence-electron chi connectivity index (χ4n) is 5.31. The van der Waals surface area contributed by atoms with Crippen LogP contribution in [0.1, 0.15) is 35.6 Å². The highest BCUT2D eigenvalue weighted by Crippen LogP contribution is 2.39. The Balaban J connectivity index is 1.43. The first-order valence-corrected chi connectivity index (χ1v) is 13.7. The molecule has 0 N–H and O–H groups in total. The van der Waals surface area contributed by atoms with Crippen LogP contribution < -0.4 is 4.74 Å². The molecule has 0 bridgehead atoms. The molecule has 3 aromatic carbocycles. The molecule has 182 valence electrons. The van der Waals surface area contributed by atoms with E-state index in [1.54, 1.807) is 35.7 Å². The summed E-state index contributed by atoms with van der Waals surface area (Å²) >= 11 is 6.21. The number of piperidine rings is 1. The highest BCUT2D eigenvalue weighted by atomic mass is 35.5. The lowest BCUT2D eigenvalue weighted by atomic mass is 9.88. The summed E-state index contributed by atoms with van der Waals surface area (Å²) in [5.41, 5.74) is 4.95. The summed E-state index contributed by atoms with van der Waals surface area (Å²) in [6, 6.07) is 23.4. The molecule has 0 saturated carbocycles. The lowest BCUT2D eigenvalue weighted by Crippen LogP contribution is -2.38. The molecule has 0 radical (unpaired) electrons. The third-order valence-corrected chi connectivity index (χ3v) is 9.47. The number of nitrogens with zero attached hydrogens (tertiary/aromatic N) is 2. The van der Waals surface area contributed by atoms with Gasteiger partial charge in [0.15, 0.2) is 0 Å². The molecule has 5 nitrogen and oxygen atoms in total. The predicted octanol–water partition coefficient (Wildman–Crippen LogP) is 6.23.